The standard InChI is InChI=1S/C30H38ClFN2O5/c1-21-16-26(17-22(2)29(21)31)39-20-30(18-28(37)33-13-8-24(35)9-14-33)11-3-12-34(19-30)27(36)10-15-38-25-6-4-23(32)5-7-25/h4-7,16-17,24,35H,3,8-15,18-20H2,1-2H3/t30-/m0/s1. The van der Waals surface area contributed by atoms with Gasteiger partial charge in [0.05, 0.1) is 25.7 Å². The van der Waals surface area contributed by atoms with Crippen molar-refractivity contribution in [2.75, 3.05) is 39.4 Å². The van der Waals surface area contributed by atoms with Gasteiger partial charge >= 0.3 is 0 Å². The molecule has 1 atom stereocenters. The molecule has 4 rings (SSSR count). The summed E-state index contributed by atoms with van der Waals surface area (Å²) in [5.74, 6) is 0.843. The number of carbonyl (C=O) groups is 2. The van der Waals surface area contributed by atoms with Crippen LogP contribution in [0.2, 0.25) is 5.02 Å². The van der Waals surface area contributed by atoms with E-state index in [-0.39, 0.29) is 43.2 Å². The van der Waals surface area contributed by atoms with E-state index in [0.29, 0.717) is 62.1 Å². The summed E-state index contributed by atoms with van der Waals surface area (Å²) < 4.78 is 25.1. The number of halogens is 2. The molecule has 1 N–H and O–H groups in total. The summed E-state index contributed by atoms with van der Waals surface area (Å²) in [6, 6.07) is 9.51. The van der Waals surface area contributed by atoms with Crippen molar-refractivity contribution in [3.63, 3.8) is 0 Å². The number of likely N-dealkylation sites (tertiary alicyclic amines) is 2. The summed E-state index contributed by atoms with van der Waals surface area (Å²) >= 11 is 6.34. The lowest BCUT2D eigenvalue weighted by atomic mass is 9.77. The van der Waals surface area contributed by atoms with Crippen LogP contribution in [-0.2, 0) is 9.59 Å². The number of aliphatic hydroxyl groups excluding tert-OH is 1. The van der Waals surface area contributed by atoms with E-state index in [1.807, 2.05) is 35.8 Å². The van der Waals surface area contributed by atoms with Gasteiger partial charge in [0.25, 0.3) is 0 Å². The highest BCUT2D eigenvalue weighted by atomic mass is 35.5. The molecule has 2 aliphatic rings. The summed E-state index contributed by atoms with van der Waals surface area (Å²) in [6.45, 7) is 6.44. The van der Waals surface area contributed by atoms with E-state index in [1.54, 1.807) is 0 Å². The molecular formula is C30H38ClFN2O5. The summed E-state index contributed by atoms with van der Waals surface area (Å²) in [7, 11) is 0. The molecule has 39 heavy (non-hydrogen) atoms. The van der Waals surface area contributed by atoms with Crippen molar-refractivity contribution in [1.29, 1.82) is 0 Å². The Morgan fingerprint density at radius 1 is 1.00 bits per heavy atom. The largest absolute Gasteiger partial charge is 0.493 e. The molecule has 212 valence electrons. The van der Waals surface area contributed by atoms with Crippen LogP contribution >= 0.6 is 11.6 Å². The number of carbonyl (C=O) groups excluding carboxylic acids is 2. The highest BCUT2D eigenvalue weighted by molar-refractivity contribution is 6.32. The van der Waals surface area contributed by atoms with Crippen molar-refractivity contribution in [2.24, 2.45) is 5.41 Å². The molecule has 2 amide bonds. The third kappa shape index (κ3) is 7.85. The predicted octanol–water partition coefficient (Wildman–Crippen LogP) is 4.93. The van der Waals surface area contributed by atoms with Crippen LogP contribution in [0, 0.1) is 25.1 Å². The van der Waals surface area contributed by atoms with Crippen LogP contribution in [0.1, 0.15) is 49.7 Å². The first-order chi connectivity index (χ1) is 18.6. The number of aryl methyl sites for hydroxylation is 2. The van der Waals surface area contributed by atoms with Crippen LogP contribution < -0.4 is 9.47 Å². The van der Waals surface area contributed by atoms with E-state index in [9.17, 15) is 19.1 Å². The molecule has 0 saturated carbocycles. The molecule has 0 aromatic heterocycles. The van der Waals surface area contributed by atoms with Crippen molar-refractivity contribution in [3.05, 3.63) is 58.4 Å². The van der Waals surface area contributed by atoms with E-state index < -0.39 is 5.41 Å². The number of amides is 2. The maximum atomic E-state index is 13.4. The molecule has 2 aromatic carbocycles. The van der Waals surface area contributed by atoms with Gasteiger partial charge in [-0.05, 0) is 87.1 Å². The Morgan fingerprint density at radius 3 is 2.33 bits per heavy atom. The number of hydrogen-bond donors (Lipinski definition) is 1. The number of aliphatic hydroxyl groups is 1. The molecule has 2 aliphatic heterocycles. The zero-order chi connectivity index (χ0) is 28.0. The Bertz CT molecular complexity index is 1130. The Morgan fingerprint density at radius 2 is 1.67 bits per heavy atom. The van der Waals surface area contributed by atoms with Crippen LogP contribution in [0.4, 0.5) is 4.39 Å². The Balaban J connectivity index is 1.44. The molecule has 2 aromatic rings. The van der Waals surface area contributed by atoms with E-state index in [4.69, 9.17) is 21.1 Å². The molecule has 0 aliphatic carbocycles. The molecular weight excluding hydrogens is 523 g/mol. The van der Waals surface area contributed by atoms with Crippen LogP contribution in [0.25, 0.3) is 0 Å². The Kier molecular flexibility index (Phi) is 9.72. The molecule has 0 radical (unpaired) electrons. The van der Waals surface area contributed by atoms with E-state index in [0.717, 1.165) is 24.0 Å². The topological polar surface area (TPSA) is 79.3 Å². The average molecular weight is 561 g/mol. The van der Waals surface area contributed by atoms with Gasteiger partial charge in [-0.25, -0.2) is 4.39 Å². The first-order valence-corrected chi connectivity index (χ1v) is 14.0. The third-order valence-corrected chi connectivity index (χ3v) is 8.31. The van der Waals surface area contributed by atoms with Gasteiger partial charge in [-0.3, -0.25) is 9.59 Å². The van der Waals surface area contributed by atoms with Gasteiger partial charge in [0.2, 0.25) is 11.8 Å². The lowest BCUT2D eigenvalue weighted by Gasteiger charge is -2.43. The van der Waals surface area contributed by atoms with Crippen molar-refractivity contribution < 1.29 is 28.6 Å². The molecule has 0 unspecified atom stereocenters. The minimum absolute atomic E-state index is 0.0305. The number of nitrogens with zero attached hydrogens (tertiary/aromatic N) is 2. The molecule has 0 spiro atoms. The monoisotopic (exact) mass is 560 g/mol. The zero-order valence-electron chi connectivity index (χ0n) is 22.8. The van der Waals surface area contributed by atoms with Crippen LogP contribution in [-0.4, -0.2) is 72.2 Å². The molecule has 0 bridgehead atoms. The van der Waals surface area contributed by atoms with E-state index >= 15 is 0 Å². The SMILES string of the molecule is Cc1cc(OC[C@]2(CC(=O)N3CCC(O)CC3)CCCN(C(=O)CCOc3ccc(F)cc3)C2)cc(C)c1Cl. The molecule has 9 heteroatoms. The second-order valence-electron chi connectivity index (χ2n) is 10.9. The van der Waals surface area contributed by atoms with Gasteiger partial charge in [-0.1, -0.05) is 11.6 Å². The molecule has 2 heterocycles. The van der Waals surface area contributed by atoms with Gasteiger partial charge in [0, 0.05) is 43.0 Å². The van der Waals surface area contributed by atoms with Crippen LogP contribution in [0.15, 0.2) is 36.4 Å². The van der Waals surface area contributed by atoms with Gasteiger partial charge in [0.1, 0.15) is 17.3 Å². The number of ether oxygens (including phenoxy) is 2. The molecule has 7 nitrogen and oxygen atoms in total. The van der Waals surface area contributed by atoms with Crippen molar-refractivity contribution in [1.82, 2.24) is 9.80 Å². The van der Waals surface area contributed by atoms with Crippen molar-refractivity contribution >= 4 is 23.4 Å². The second-order valence-corrected chi connectivity index (χ2v) is 11.3. The van der Waals surface area contributed by atoms with E-state index in [2.05, 4.69) is 0 Å². The van der Waals surface area contributed by atoms with Gasteiger partial charge in [-0.15, -0.1) is 0 Å². The van der Waals surface area contributed by atoms with Crippen molar-refractivity contribution in [2.45, 2.75) is 58.5 Å². The highest BCUT2D eigenvalue weighted by Crippen LogP contribution is 2.36. The van der Waals surface area contributed by atoms with Gasteiger partial charge in [0.15, 0.2) is 0 Å². The highest BCUT2D eigenvalue weighted by Gasteiger charge is 2.41. The average Bonchev–Trinajstić information content (AvgIpc) is 2.92. The normalized spacial score (nSPS) is 20.1. The fourth-order valence-corrected chi connectivity index (χ4v) is 5.56. The van der Waals surface area contributed by atoms with Crippen LogP contribution in [0.3, 0.4) is 0 Å². The zero-order valence-corrected chi connectivity index (χ0v) is 23.5. The minimum Gasteiger partial charge on any atom is -0.493 e. The minimum atomic E-state index is -0.541. The van der Waals surface area contributed by atoms with Crippen molar-refractivity contribution in [3.8, 4) is 11.5 Å². The summed E-state index contributed by atoms with van der Waals surface area (Å²) in [5, 5.41) is 10.6. The first-order valence-electron chi connectivity index (χ1n) is 13.7. The maximum Gasteiger partial charge on any atom is 0.226 e. The van der Waals surface area contributed by atoms with Gasteiger partial charge in [-0.2, -0.15) is 0 Å². The van der Waals surface area contributed by atoms with Gasteiger partial charge < -0.3 is 24.4 Å². The predicted molar refractivity (Wildman–Crippen MR) is 148 cm³/mol. The maximum absolute atomic E-state index is 13.4. The summed E-state index contributed by atoms with van der Waals surface area (Å²) in [5.41, 5.74) is 1.30. The second kappa shape index (κ2) is 13.0. The third-order valence-electron chi connectivity index (χ3n) is 7.71. The first kappa shape index (κ1) is 29.2. The number of hydrogen-bond acceptors (Lipinski definition) is 5. The lowest BCUT2D eigenvalue weighted by Crippen LogP contribution is -2.52. The fourth-order valence-electron chi connectivity index (χ4n) is 5.45. The summed E-state index contributed by atoms with van der Waals surface area (Å²) in [4.78, 5) is 30.2. The molecule has 2 saturated heterocycles. The quantitative estimate of drug-likeness (QED) is 0.471. The number of rotatable bonds is 9. The smallest absolute Gasteiger partial charge is 0.226 e. The number of piperidine rings is 2. The van der Waals surface area contributed by atoms with E-state index in [1.165, 1.54) is 24.3 Å². The summed E-state index contributed by atoms with van der Waals surface area (Å²) in [6.07, 6.45) is 2.78. The Labute approximate surface area is 234 Å². The van der Waals surface area contributed by atoms with Crippen LogP contribution in [0.5, 0.6) is 11.5 Å². The molecule has 2 fully saturated rings. The Hall–Kier alpha value is -2.84. The number of benzene rings is 2. The lowest BCUT2D eigenvalue weighted by molar-refractivity contribution is -0.143. The fraction of sp³-hybridized carbons (Fsp3) is 0.533.